The SMILES string of the molecule is CCCOCCOc1cc2ncnc(Nc3ccc(F)c(Cl)c3)c2cc1NC(=O)/C=C/CN(C)C. The molecule has 2 N–H and O–H groups in total. The summed E-state index contributed by atoms with van der Waals surface area (Å²) >= 11 is 5.91. The molecule has 8 nitrogen and oxygen atoms in total. The van der Waals surface area contributed by atoms with Crippen LogP contribution >= 0.6 is 11.6 Å². The number of rotatable bonds is 12. The van der Waals surface area contributed by atoms with E-state index in [1.807, 2.05) is 25.9 Å². The van der Waals surface area contributed by atoms with Gasteiger partial charge in [-0.1, -0.05) is 24.6 Å². The van der Waals surface area contributed by atoms with Crippen LogP contribution in [0, 0.1) is 5.82 Å². The largest absolute Gasteiger partial charge is 0.489 e. The number of nitrogens with one attached hydrogen (secondary N) is 2. The number of hydrogen-bond donors (Lipinski definition) is 2. The van der Waals surface area contributed by atoms with Gasteiger partial charge in [-0.25, -0.2) is 14.4 Å². The molecule has 0 atom stereocenters. The predicted octanol–water partition coefficient (Wildman–Crippen LogP) is 5.03. The number of likely N-dealkylation sites (N-methyl/N-ethyl adjacent to an activating group) is 1. The highest BCUT2D eigenvalue weighted by Gasteiger charge is 2.14. The fourth-order valence-corrected chi connectivity index (χ4v) is 3.29. The number of amides is 1. The van der Waals surface area contributed by atoms with E-state index in [0.717, 1.165) is 6.42 Å². The van der Waals surface area contributed by atoms with Crippen LogP contribution in [0.15, 0.2) is 48.8 Å². The van der Waals surface area contributed by atoms with Crippen LogP contribution in [0.4, 0.5) is 21.6 Å². The molecule has 3 aromatic rings. The molecular formula is C25H29ClFN5O3. The number of halogens is 2. The third kappa shape index (κ3) is 7.88. The molecule has 1 heterocycles. The third-order valence-electron chi connectivity index (χ3n) is 4.75. The lowest BCUT2D eigenvalue weighted by Crippen LogP contribution is -2.14. The van der Waals surface area contributed by atoms with Crippen molar-refractivity contribution in [2.45, 2.75) is 13.3 Å². The summed E-state index contributed by atoms with van der Waals surface area (Å²) < 4.78 is 25.0. The highest BCUT2D eigenvalue weighted by atomic mass is 35.5. The number of hydrogen-bond acceptors (Lipinski definition) is 7. The van der Waals surface area contributed by atoms with Crippen molar-refractivity contribution in [1.82, 2.24) is 14.9 Å². The molecule has 35 heavy (non-hydrogen) atoms. The Kier molecular flexibility index (Phi) is 9.77. The summed E-state index contributed by atoms with van der Waals surface area (Å²) in [7, 11) is 3.84. The summed E-state index contributed by atoms with van der Waals surface area (Å²) in [5.74, 6) is 0.118. The van der Waals surface area contributed by atoms with Crippen molar-refractivity contribution < 1.29 is 18.7 Å². The Morgan fingerprint density at radius 1 is 1.17 bits per heavy atom. The molecule has 0 bridgehead atoms. The van der Waals surface area contributed by atoms with Crippen LogP contribution in [-0.4, -0.2) is 61.2 Å². The Hall–Kier alpha value is -3.27. The number of ether oxygens (including phenoxy) is 2. The summed E-state index contributed by atoms with van der Waals surface area (Å²) in [4.78, 5) is 23.2. The summed E-state index contributed by atoms with van der Waals surface area (Å²) in [5.41, 5.74) is 1.62. The average Bonchev–Trinajstić information content (AvgIpc) is 2.81. The maximum atomic E-state index is 13.6. The van der Waals surface area contributed by atoms with Gasteiger partial charge in [0.2, 0.25) is 5.91 Å². The monoisotopic (exact) mass is 501 g/mol. The van der Waals surface area contributed by atoms with Crippen molar-refractivity contribution in [3.8, 4) is 5.75 Å². The fraction of sp³-hybridized carbons (Fsp3) is 0.320. The van der Waals surface area contributed by atoms with Crippen molar-refractivity contribution >= 4 is 45.6 Å². The second-order valence-corrected chi connectivity index (χ2v) is 8.36. The number of carbonyl (C=O) groups excluding carboxylic acids is 1. The first kappa shape index (κ1) is 26.3. The van der Waals surface area contributed by atoms with E-state index in [9.17, 15) is 9.18 Å². The molecule has 10 heteroatoms. The minimum Gasteiger partial charge on any atom is -0.489 e. The Morgan fingerprint density at radius 2 is 2.00 bits per heavy atom. The quantitative estimate of drug-likeness (QED) is 0.266. The smallest absolute Gasteiger partial charge is 0.248 e. The number of fused-ring (bicyclic) bond motifs is 1. The molecule has 3 rings (SSSR count). The van der Waals surface area contributed by atoms with E-state index in [-0.39, 0.29) is 10.9 Å². The summed E-state index contributed by atoms with van der Waals surface area (Å²) in [6.07, 6.45) is 5.57. The van der Waals surface area contributed by atoms with Gasteiger partial charge in [-0.2, -0.15) is 0 Å². The minimum atomic E-state index is -0.512. The summed E-state index contributed by atoms with van der Waals surface area (Å²) in [5, 5.41) is 6.63. The van der Waals surface area contributed by atoms with Gasteiger partial charge in [-0.3, -0.25) is 4.79 Å². The predicted molar refractivity (Wildman–Crippen MR) is 137 cm³/mol. The van der Waals surface area contributed by atoms with E-state index in [4.69, 9.17) is 21.1 Å². The second kappa shape index (κ2) is 13.0. The van der Waals surface area contributed by atoms with Gasteiger partial charge >= 0.3 is 0 Å². The summed E-state index contributed by atoms with van der Waals surface area (Å²) in [6.45, 7) is 4.05. The lowest BCUT2D eigenvalue weighted by molar-refractivity contribution is -0.111. The van der Waals surface area contributed by atoms with E-state index in [1.54, 1.807) is 24.3 Å². The van der Waals surface area contributed by atoms with E-state index in [0.29, 0.717) is 60.2 Å². The number of aromatic nitrogens is 2. The van der Waals surface area contributed by atoms with Crippen molar-refractivity contribution in [3.05, 3.63) is 59.7 Å². The van der Waals surface area contributed by atoms with Gasteiger partial charge in [0.15, 0.2) is 0 Å². The van der Waals surface area contributed by atoms with E-state index in [1.165, 1.54) is 24.5 Å². The molecule has 0 unspecified atom stereocenters. The number of anilines is 3. The first-order valence-electron chi connectivity index (χ1n) is 11.2. The highest BCUT2D eigenvalue weighted by Crippen LogP contribution is 2.34. The van der Waals surface area contributed by atoms with Gasteiger partial charge in [0.05, 0.1) is 22.8 Å². The van der Waals surface area contributed by atoms with Crippen molar-refractivity contribution in [1.29, 1.82) is 0 Å². The maximum Gasteiger partial charge on any atom is 0.248 e. The zero-order valence-corrected chi connectivity index (χ0v) is 20.7. The number of nitrogens with zero attached hydrogens (tertiary/aromatic N) is 3. The van der Waals surface area contributed by atoms with Crippen LogP contribution in [0.1, 0.15) is 13.3 Å². The topological polar surface area (TPSA) is 88.6 Å². The Balaban J connectivity index is 1.91. The molecule has 0 fully saturated rings. The molecular weight excluding hydrogens is 473 g/mol. The van der Waals surface area contributed by atoms with Gasteiger partial charge < -0.3 is 25.0 Å². The van der Waals surface area contributed by atoms with Gasteiger partial charge in [-0.05, 0) is 44.8 Å². The average molecular weight is 502 g/mol. The lowest BCUT2D eigenvalue weighted by Gasteiger charge is -2.15. The van der Waals surface area contributed by atoms with Crippen LogP contribution in [0.25, 0.3) is 10.9 Å². The first-order valence-corrected chi connectivity index (χ1v) is 11.6. The van der Waals surface area contributed by atoms with E-state index >= 15 is 0 Å². The van der Waals surface area contributed by atoms with Crippen LogP contribution in [0.2, 0.25) is 5.02 Å². The van der Waals surface area contributed by atoms with Crippen LogP contribution in [0.3, 0.4) is 0 Å². The van der Waals surface area contributed by atoms with E-state index < -0.39 is 5.82 Å². The lowest BCUT2D eigenvalue weighted by atomic mass is 10.1. The molecule has 0 aliphatic carbocycles. The zero-order chi connectivity index (χ0) is 25.2. The standard InChI is InChI=1S/C25H29ClFN5O3/c1-4-10-34-11-12-35-23-15-21-18(14-22(23)31-24(33)6-5-9-32(2)3)25(29-16-28-21)30-17-7-8-20(27)19(26)13-17/h5-8,13-16H,4,9-12H2,1-3H3,(H,31,33)(H,28,29,30)/b6-5+. The fourth-order valence-electron chi connectivity index (χ4n) is 3.11. The van der Waals surface area contributed by atoms with Gasteiger partial charge in [0.1, 0.15) is 30.3 Å². The Bertz CT molecular complexity index is 1190. The van der Waals surface area contributed by atoms with Gasteiger partial charge in [0.25, 0.3) is 0 Å². The normalized spacial score (nSPS) is 11.4. The molecule has 186 valence electrons. The van der Waals surface area contributed by atoms with Crippen molar-refractivity contribution in [3.63, 3.8) is 0 Å². The molecule has 0 saturated carbocycles. The molecule has 0 spiro atoms. The molecule has 0 saturated heterocycles. The van der Waals surface area contributed by atoms with E-state index in [2.05, 4.69) is 20.6 Å². The van der Waals surface area contributed by atoms with Crippen molar-refractivity contribution in [2.24, 2.45) is 0 Å². The molecule has 0 radical (unpaired) electrons. The molecule has 0 aliphatic rings. The molecule has 1 aromatic heterocycles. The Morgan fingerprint density at radius 3 is 2.74 bits per heavy atom. The molecule has 1 amide bonds. The molecule has 2 aromatic carbocycles. The second-order valence-electron chi connectivity index (χ2n) is 7.96. The zero-order valence-electron chi connectivity index (χ0n) is 20.0. The van der Waals surface area contributed by atoms with Gasteiger partial charge in [0, 0.05) is 36.4 Å². The number of benzene rings is 2. The minimum absolute atomic E-state index is 0.00759. The summed E-state index contributed by atoms with van der Waals surface area (Å²) in [6, 6.07) is 7.77. The first-order chi connectivity index (χ1) is 16.9. The number of carbonyl (C=O) groups is 1. The van der Waals surface area contributed by atoms with Crippen LogP contribution < -0.4 is 15.4 Å². The van der Waals surface area contributed by atoms with Crippen LogP contribution in [0.5, 0.6) is 5.75 Å². The highest BCUT2D eigenvalue weighted by molar-refractivity contribution is 6.31. The molecule has 0 aliphatic heterocycles. The van der Waals surface area contributed by atoms with Crippen molar-refractivity contribution in [2.75, 3.05) is 51.1 Å². The van der Waals surface area contributed by atoms with Gasteiger partial charge in [-0.15, -0.1) is 0 Å². The Labute approximate surface area is 209 Å². The maximum absolute atomic E-state index is 13.6. The third-order valence-corrected chi connectivity index (χ3v) is 5.04. The van der Waals surface area contributed by atoms with Crippen LogP contribution in [-0.2, 0) is 9.53 Å².